The number of hydrogen-bond donors (Lipinski definition) is 1. The normalized spacial score (nSPS) is 18.1. The smallest absolute Gasteiger partial charge is 0.252 e. The molecule has 104 valence electrons. The maximum Gasteiger partial charge on any atom is 0.252 e. The monoisotopic (exact) mass is 391 g/mol. The summed E-state index contributed by atoms with van der Waals surface area (Å²) in [4.78, 5) is 12.5. The van der Waals surface area contributed by atoms with Gasteiger partial charge in [0.2, 0.25) is 0 Å². The standard InChI is InChI=1S/C15H19ClINO/c1-11-6-5-7-12(13(11)17)14(19)18-15(10-16)8-3-2-4-9-15/h5-7H,2-4,8-10H2,1H3,(H,18,19). The molecule has 19 heavy (non-hydrogen) atoms. The van der Waals surface area contributed by atoms with Gasteiger partial charge in [0.05, 0.1) is 11.1 Å². The summed E-state index contributed by atoms with van der Waals surface area (Å²) in [5, 5.41) is 3.19. The third-order valence-corrected chi connectivity index (χ3v) is 5.83. The molecule has 1 aliphatic rings. The molecule has 4 heteroatoms. The Kier molecular flexibility index (Phi) is 5.12. The number of alkyl halides is 1. The molecule has 0 atom stereocenters. The third kappa shape index (κ3) is 3.43. The van der Waals surface area contributed by atoms with E-state index in [0.29, 0.717) is 5.88 Å². The number of benzene rings is 1. The molecule has 0 unspecified atom stereocenters. The van der Waals surface area contributed by atoms with Crippen LogP contribution >= 0.6 is 34.2 Å². The van der Waals surface area contributed by atoms with Crippen molar-refractivity contribution in [2.75, 3.05) is 5.88 Å². The molecule has 0 aromatic heterocycles. The molecule has 0 heterocycles. The number of rotatable bonds is 3. The Morgan fingerprint density at radius 1 is 1.37 bits per heavy atom. The number of halogens is 2. The molecule has 1 N–H and O–H groups in total. The van der Waals surface area contributed by atoms with Crippen LogP contribution in [0, 0.1) is 10.5 Å². The Bertz CT molecular complexity index is 469. The first kappa shape index (κ1) is 15.1. The number of nitrogens with one attached hydrogen (secondary N) is 1. The van der Waals surface area contributed by atoms with E-state index in [-0.39, 0.29) is 11.4 Å². The molecule has 0 spiro atoms. The van der Waals surface area contributed by atoms with Crippen molar-refractivity contribution >= 4 is 40.1 Å². The second kappa shape index (κ2) is 6.44. The van der Waals surface area contributed by atoms with Crippen molar-refractivity contribution in [1.82, 2.24) is 5.32 Å². The predicted octanol–water partition coefficient (Wildman–Crippen LogP) is 4.27. The van der Waals surface area contributed by atoms with Crippen molar-refractivity contribution in [3.8, 4) is 0 Å². The summed E-state index contributed by atoms with van der Waals surface area (Å²) < 4.78 is 1.03. The van der Waals surface area contributed by atoms with E-state index in [4.69, 9.17) is 11.6 Å². The highest BCUT2D eigenvalue weighted by atomic mass is 127. The maximum atomic E-state index is 12.5. The van der Waals surface area contributed by atoms with Gasteiger partial charge in [-0.15, -0.1) is 11.6 Å². The topological polar surface area (TPSA) is 29.1 Å². The van der Waals surface area contributed by atoms with Gasteiger partial charge in [-0.2, -0.15) is 0 Å². The van der Waals surface area contributed by atoms with Gasteiger partial charge in [-0.3, -0.25) is 4.79 Å². The maximum absolute atomic E-state index is 12.5. The van der Waals surface area contributed by atoms with Crippen molar-refractivity contribution < 1.29 is 4.79 Å². The van der Waals surface area contributed by atoms with Crippen LogP contribution in [0.25, 0.3) is 0 Å². The van der Waals surface area contributed by atoms with E-state index in [2.05, 4.69) is 27.9 Å². The van der Waals surface area contributed by atoms with Crippen molar-refractivity contribution in [3.05, 3.63) is 32.9 Å². The average molecular weight is 392 g/mol. The average Bonchev–Trinajstić information content (AvgIpc) is 2.42. The van der Waals surface area contributed by atoms with E-state index in [0.717, 1.165) is 40.4 Å². The number of carbonyl (C=O) groups is 1. The van der Waals surface area contributed by atoms with Gasteiger partial charge in [-0.25, -0.2) is 0 Å². The second-order valence-electron chi connectivity index (χ2n) is 5.37. The van der Waals surface area contributed by atoms with E-state index >= 15 is 0 Å². The van der Waals surface area contributed by atoms with Crippen molar-refractivity contribution in [2.24, 2.45) is 0 Å². The van der Waals surface area contributed by atoms with Crippen LogP contribution in [-0.4, -0.2) is 17.3 Å². The largest absolute Gasteiger partial charge is 0.345 e. The lowest BCUT2D eigenvalue weighted by Crippen LogP contribution is -2.51. The highest BCUT2D eigenvalue weighted by molar-refractivity contribution is 14.1. The number of aryl methyl sites for hydroxylation is 1. The molecule has 2 rings (SSSR count). The Morgan fingerprint density at radius 3 is 2.68 bits per heavy atom. The van der Waals surface area contributed by atoms with Crippen molar-refractivity contribution in [1.29, 1.82) is 0 Å². The van der Waals surface area contributed by atoms with Gasteiger partial charge in [0.15, 0.2) is 0 Å². The second-order valence-corrected chi connectivity index (χ2v) is 6.71. The summed E-state index contributed by atoms with van der Waals surface area (Å²) in [5.41, 5.74) is 1.69. The van der Waals surface area contributed by atoms with Gasteiger partial charge >= 0.3 is 0 Å². The summed E-state index contributed by atoms with van der Waals surface area (Å²) >= 11 is 8.36. The molecule has 1 saturated carbocycles. The zero-order chi connectivity index (χ0) is 13.9. The Balaban J connectivity index is 2.17. The molecule has 2 nitrogen and oxygen atoms in total. The fourth-order valence-electron chi connectivity index (χ4n) is 2.65. The van der Waals surface area contributed by atoms with E-state index in [1.54, 1.807) is 0 Å². The lowest BCUT2D eigenvalue weighted by Gasteiger charge is -2.36. The number of hydrogen-bond acceptors (Lipinski definition) is 1. The summed E-state index contributed by atoms with van der Waals surface area (Å²) in [7, 11) is 0. The van der Waals surface area contributed by atoms with Crippen LogP contribution in [0.3, 0.4) is 0 Å². The van der Waals surface area contributed by atoms with Crippen LogP contribution in [0.1, 0.15) is 48.0 Å². The van der Waals surface area contributed by atoms with Crippen LogP contribution in [-0.2, 0) is 0 Å². The molecule has 1 aromatic carbocycles. The molecule has 1 aromatic rings. The molecule has 0 aliphatic heterocycles. The molecular formula is C15H19ClINO. The molecule has 0 saturated heterocycles. The lowest BCUT2D eigenvalue weighted by molar-refractivity contribution is 0.0884. The summed E-state index contributed by atoms with van der Waals surface area (Å²) in [6, 6.07) is 5.84. The van der Waals surface area contributed by atoms with E-state index in [1.807, 2.05) is 25.1 Å². The molecule has 0 bridgehead atoms. The van der Waals surface area contributed by atoms with Gasteiger partial charge in [0.25, 0.3) is 5.91 Å². The Labute approximate surface area is 133 Å². The first-order valence-electron chi connectivity index (χ1n) is 6.72. The quantitative estimate of drug-likeness (QED) is 0.605. The van der Waals surface area contributed by atoms with Crippen LogP contribution in [0.2, 0.25) is 0 Å². The summed E-state index contributed by atoms with van der Waals surface area (Å²) in [6.07, 6.45) is 5.53. The molecule has 0 radical (unpaired) electrons. The van der Waals surface area contributed by atoms with Gasteiger partial charge in [0.1, 0.15) is 0 Å². The Hall–Kier alpha value is -0.290. The fourth-order valence-corrected chi connectivity index (χ4v) is 3.59. The van der Waals surface area contributed by atoms with Crippen LogP contribution in [0.4, 0.5) is 0 Å². The lowest BCUT2D eigenvalue weighted by atomic mass is 9.83. The Morgan fingerprint density at radius 2 is 2.05 bits per heavy atom. The minimum absolute atomic E-state index is 0.00986. The van der Waals surface area contributed by atoms with Crippen LogP contribution in [0.15, 0.2) is 18.2 Å². The van der Waals surface area contributed by atoms with Gasteiger partial charge in [-0.1, -0.05) is 31.4 Å². The molecule has 1 fully saturated rings. The van der Waals surface area contributed by atoms with Crippen molar-refractivity contribution in [2.45, 2.75) is 44.6 Å². The van der Waals surface area contributed by atoms with Gasteiger partial charge in [-0.05, 0) is 54.0 Å². The molecule has 1 amide bonds. The van der Waals surface area contributed by atoms with Crippen molar-refractivity contribution in [3.63, 3.8) is 0 Å². The zero-order valence-corrected chi connectivity index (χ0v) is 14.1. The van der Waals surface area contributed by atoms with E-state index in [9.17, 15) is 4.79 Å². The highest BCUT2D eigenvalue weighted by Crippen LogP contribution is 2.30. The minimum atomic E-state index is -0.205. The molecule has 1 aliphatic carbocycles. The summed E-state index contributed by atoms with van der Waals surface area (Å²) in [6.45, 7) is 2.02. The minimum Gasteiger partial charge on any atom is -0.345 e. The SMILES string of the molecule is Cc1cccc(C(=O)NC2(CCl)CCCCC2)c1I. The third-order valence-electron chi connectivity index (χ3n) is 3.88. The van der Waals surface area contributed by atoms with Crippen LogP contribution < -0.4 is 5.32 Å². The zero-order valence-electron chi connectivity index (χ0n) is 11.1. The van der Waals surface area contributed by atoms with E-state index in [1.165, 1.54) is 6.42 Å². The first-order chi connectivity index (χ1) is 9.08. The van der Waals surface area contributed by atoms with E-state index < -0.39 is 0 Å². The number of amides is 1. The highest BCUT2D eigenvalue weighted by Gasteiger charge is 2.33. The molecular weight excluding hydrogens is 373 g/mol. The number of carbonyl (C=O) groups excluding carboxylic acids is 1. The van der Waals surface area contributed by atoms with Crippen LogP contribution in [0.5, 0.6) is 0 Å². The first-order valence-corrected chi connectivity index (χ1v) is 8.33. The van der Waals surface area contributed by atoms with Gasteiger partial charge in [0, 0.05) is 9.45 Å². The van der Waals surface area contributed by atoms with Gasteiger partial charge < -0.3 is 5.32 Å². The fraction of sp³-hybridized carbons (Fsp3) is 0.533. The predicted molar refractivity (Wildman–Crippen MR) is 87.9 cm³/mol. The summed E-state index contributed by atoms with van der Waals surface area (Å²) in [5.74, 6) is 0.511.